The molecule has 2 saturated heterocycles. The van der Waals surface area contributed by atoms with Crippen LogP contribution in [-0.4, -0.2) is 67.3 Å². The highest BCUT2D eigenvalue weighted by Gasteiger charge is 2.31. The predicted molar refractivity (Wildman–Crippen MR) is 209 cm³/mol. The van der Waals surface area contributed by atoms with Crippen LogP contribution in [0.15, 0.2) is 61.1 Å². The molecule has 294 valence electrons. The number of fused-ring (bicyclic) bond motifs is 2. The van der Waals surface area contributed by atoms with Gasteiger partial charge in [-0.15, -0.1) is 0 Å². The third kappa shape index (κ3) is 7.91. The molecule has 3 fully saturated rings. The van der Waals surface area contributed by atoms with Gasteiger partial charge in [0.1, 0.15) is 29.0 Å². The van der Waals surface area contributed by atoms with E-state index in [0.29, 0.717) is 42.0 Å². The summed E-state index contributed by atoms with van der Waals surface area (Å²) in [6.07, 6.45) is 10.3. The van der Waals surface area contributed by atoms with Crippen molar-refractivity contribution in [1.29, 1.82) is 0 Å². The summed E-state index contributed by atoms with van der Waals surface area (Å²) in [5.41, 5.74) is 5.12. The monoisotopic (exact) mass is 765 g/mol. The van der Waals surface area contributed by atoms with E-state index in [1.54, 1.807) is 12.3 Å². The number of aryl methyl sites for hydroxylation is 1. The molecule has 3 aliphatic rings. The fourth-order valence-electron chi connectivity index (χ4n) is 8.94. The van der Waals surface area contributed by atoms with Crippen LogP contribution in [0.4, 0.5) is 14.6 Å². The molecule has 11 nitrogen and oxygen atoms in total. The van der Waals surface area contributed by atoms with Gasteiger partial charge in [-0.3, -0.25) is 19.7 Å². The molecule has 3 amide bonds. The van der Waals surface area contributed by atoms with E-state index >= 15 is 0 Å². The van der Waals surface area contributed by atoms with Crippen molar-refractivity contribution >= 4 is 40.1 Å². The van der Waals surface area contributed by atoms with E-state index in [-0.39, 0.29) is 35.3 Å². The van der Waals surface area contributed by atoms with Gasteiger partial charge >= 0.3 is 0 Å². The molecule has 5 aromatic rings. The van der Waals surface area contributed by atoms with E-state index in [1.807, 2.05) is 29.0 Å². The van der Waals surface area contributed by atoms with Gasteiger partial charge in [0.25, 0.3) is 12.3 Å². The summed E-state index contributed by atoms with van der Waals surface area (Å²) in [5.74, 6) is 0.978. The first-order chi connectivity index (χ1) is 27.0. The number of piperidine rings is 2. The summed E-state index contributed by atoms with van der Waals surface area (Å²) in [7, 11) is 0. The van der Waals surface area contributed by atoms with Crippen molar-refractivity contribution in [1.82, 2.24) is 29.2 Å². The highest BCUT2D eigenvalue weighted by Crippen LogP contribution is 2.38. The van der Waals surface area contributed by atoms with Gasteiger partial charge in [-0.2, -0.15) is 0 Å². The number of pyridine rings is 2. The Hall–Kier alpha value is -5.17. The lowest BCUT2D eigenvalue weighted by molar-refractivity contribution is -0.135. The number of imide groups is 1. The minimum atomic E-state index is -2.74. The first kappa shape index (κ1) is 37.7. The number of aromatic nitrogens is 4. The first-order valence-corrected chi connectivity index (χ1v) is 19.9. The molecule has 1 aromatic carbocycles. The van der Waals surface area contributed by atoms with Crippen molar-refractivity contribution in [3.8, 4) is 5.75 Å². The maximum atomic E-state index is 13.4. The maximum Gasteiger partial charge on any atom is 0.280 e. The number of ether oxygens (including phenoxy) is 1. The zero-order chi connectivity index (χ0) is 39.1. The van der Waals surface area contributed by atoms with Crippen molar-refractivity contribution in [3.63, 3.8) is 0 Å². The van der Waals surface area contributed by atoms with Gasteiger partial charge < -0.3 is 23.9 Å². The molecule has 1 unspecified atom stereocenters. The molecule has 4 aromatic heterocycles. The molecular weight excluding hydrogens is 717 g/mol. The number of halogens is 2. The van der Waals surface area contributed by atoms with Crippen LogP contribution in [0.25, 0.3) is 16.6 Å². The number of hydrogen-bond donors (Lipinski definition) is 2. The topological polar surface area (TPSA) is 123 Å². The van der Waals surface area contributed by atoms with E-state index in [0.717, 1.165) is 74.9 Å². The second kappa shape index (κ2) is 15.8. The van der Waals surface area contributed by atoms with Gasteiger partial charge in [0, 0.05) is 54.4 Å². The second-order valence-electron chi connectivity index (χ2n) is 16.1. The van der Waals surface area contributed by atoms with Crippen molar-refractivity contribution in [3.05, 3.63) is 89.1 Å². The van der Waals surface area contributed by atoms with Crippen molar-refractivity contribution in [2.45, 2.75) is 103 Å². The highest BCUT2D eigenvalue weighted by atomic mass is 19.3. The Kier molecular flexibility index (Phi) is 10.6. The molecular formula is C43H49F2N7O4. The number of likely N-dealkylation sites (tertiary alicyclic amines) is 1. The van der Waals surface area contributed by atoms with E-state index in [1.165, 1.54) is 29.1 Å². The van der Waals surface area contributed by atoms with Crippen LogP contribution in [0.3, 0.4) is 0 Å². The lowest BCUT2D eigenvalue weighted by Crippen LogP contribution is -2.41. The molecule has 0 spiro atoms. The van der Waals surface area contributed by atoms with Crippen LogP contribution in [0.1, 0.15) is 122 Å². The van der Waals surface area contributed by atoms with Crippen LogP contribution < -0.4 is 15.4 Å². The van der Waals surface area contributed by atoms with Crippen LogP contribution in [-0.2, 0) is 9.59 Å². The number of hydrogen-bond acceptors (Lipinski definition) is 7. The summed E-state index contributed by atoms with van der Waals surface area (Å²) < 4.78 is 36.3. The zero-order valence-electron chi connectivity index (χ0n) is 32.1. The standard InChI is InChI=1S/C43H49F2N7O4/c1-25(2)56-37-20-39-47-34(24-51(39)23-32(37)42(54)48-38-6-4-5-33(46-38)41(44)45)29-9-7-27(8-10-29)22-50-17-15-28(16-18-50)30-11-12-35-31(19-30)26(3)21-52(35)36-13-14-40(53)49-43(36)55/h4-6,11-12,19-21,23-25,27-29,36,41H,7-10,13-18,22H2,1-3H3,(H,46,48,54)(H,49,53,55)/t27-,29-,36?. The Bertz CT molecular complexity index is 2270. The Morgan fingerprint density at radius 1 is 0.946 bits per heavy atom. The molecule has 1 aliphatic carbocycles. The van der Waals surface area contributed by atoms with E-state index in [2.05, 4.69) is 51.8 Å². The molecule has 6 heterocycles. The SMILES string of the molecule is Cc1cn(C2CCC(=O)NC2=O)c2ccc(C3CCN(C[C@H]4CC[C@H](c5cn6cc(C(=O)Nc7cccc(C(F)F)n7)c(OC(C)C)cc6n5)CC4)CC3)cc12. The molecule has 13 heteroatoms. The van der Waals surface area contributed by atoms with Crippen molar-refractivity contribution in [2.75, 3.05) is 25.0 Å². The molecule has 0 bridgehead atoms. The predicted octanol–water partition coefficient (Wildman–Crippen LogP) is 8.10. The van der Waals surface area contributed by atoms with Crippen LogP contribution in [0.5, 0.6) is 5.75 Å². The van der Waals surface area contributed by atoms with Crippen molar-refractivity contribution < 1.29 is 27.9 Å². The van der Waals surface area contributed by atoms with E-state index < -0.39 is 18.0 Å². The molecule has 2 N–H and O–H groups in total. The average molecular weight is 766 g/mol. The van der Waals surface area contributed by atoms with Crippen LogP contribution in [0.2, 0.25) is 0 Å². The summed E-state index contributed by atoms with van der Waals surface area (Å²) in [6.45, 7) is 9.13. The van der Waals surface area contributed by atoms with Gasteiger partial charge in [0.2, 0.25) is 11.8 Å². The van der Waals surface area contributed by atoms with Crippen LogP contribution in [0, 0.1) is 12.8 Å². The Labute approximate surface area is 324 Å². The van der Waals surface area contributed by atoms with Gasteiger partial charge in [0.15, 0.2) is 0 Å². The Morgan fingerprint density at radius 2 is 1.73 bits per heavy atom. The van der Waals surface area contributed by atoms with Gasteiger partial charge in [-0.1, -0.05) is 12.1 Å². The zero-order valence-corrected chi connectivity index (χ0v) is 32.1. The van der Waals surface area contributed by atoms with Crippen molar-refractivity contribution in [2.24, 2.45) is 5.92 Å². The summed E-state index contributed by atoms with van der Waals surface area (Å²) >= 11 is 0. The number of rotatable bonds is 10. The summed E-state index contributed by atoms with van der Waals surface area (Å²) in [5, 5.41) is 6.33. The lowest BCUT2D eigenvalue weighted by atomic mass is 9.80. The third-order valence-electron chi connectivity index (χ3n) is 11.9. The average Bonchev–Trinajstić information content (AvgIpc) is 3.75. The number of carbonyl (C=O) groups excluding carboxylic acids is 3. The maximum absolute atomic E-state index is 13.4. The molecule has 2 aliphatic heterocycles. The largest absolute Gasteiger partial charge is 0.490 e. The highest BCUT2D eigenvalue weighted by molar-refractivity contribution is 6.06. The van der Waals surface area contributed by atoms with Gasteiger partial charge in [-0.05, 0) is 126 Å². The normalized spacial score (nSPS) is 21.3. The number of nitrogens with zero attached hydrogens (tertiary/aromatic N) is 5. The number of carbonyl (C=O) groups is 3. The Balaban J connectivity index is 0.866. The smallest absolute Gasteiger partial charge is 0.280 e. The molecule has 1 saturated carbocycles. The lowest BCUT2D eigenvalue weighted by Gasteiger charge is -2.36. The quantitative estimate of drug-likeness (QED) is 0.138. The van der Waals surface area contributed by atoms with Gasteiger partial charge in [-0.25, -0.2) is 18.7 Å². The first-order valence-electron chi connectivity index (χ1n) is 19.9. The number of anilines is 1. The Morgan fingerprint density at radius 3 is 2.46 bits per heavy atom. The summed E-state index contributed by atoms with van der Waals surface area (Å²) in [6, 6.07) is 12.3. The van der Waals surface area contributed by atoms with Crippen LogP contribution >= 0.6 is 0 Å². The number of benzene rings is 1. The molecule has 0 radical (unpaired) electrons. The third-order valence-corrected chi connectivity index (χ3v) is 11.9. The fraction of sp³-hybridized carbons (Fsp3) is 0.465. The molecule has 56 heavy (non-hydrogen) atoms. The molecule has 8 rings (SSSR count). The van der Waals surface area contributed by atoms with E-state index in [9.17, 15) is 23.2 Å². The number of nitrogens with one attached hydrogen (secondary N) is 2. The second-order valence-corrected chi connectivity index (χ2v) is 16.1. The fourth-order valence-corrected chi connectivity index (χ4v) is 8.94. The minimum absolute atomic E-state index is 0.0456. The number of imidazole rings is 1. The minimum Gasteiger partial charge on any atom is -0.490 e. The number of alkyl halides is 2. The molecule has 1 atom stereocenters. The summed E-state index contributed by atoms with van der Waals surface area (Å²) in [4.78, 5) is 49.2. The van der Waals surface area contributed by atoms with Gasteiger partial charge in [0.05, 0.1) is 17.4 Å². The number of amides is 3. The van der Waals surface area contributed by atoms with E-state index in [4.69, 9.17) is 9.72 Å².